The van der Waals surface area contributed by atoms with E-state index in [-0.39, 0.29) is 18.8 Å². The van der Waals surface area contributed by atoms with Crippen molar-refractivity contribution in [3.63, 3.8) is 0 Å². The van der Waals surface area contributed by atoms with Gasteiger partial charge >= 0.3 is 11.9 Å². The minimum absolute atomic E-state index is 0.0354. The Morgan fingerprint density at radius 2 is 1.62 bits per heavy atom. The maximum Gasteiger partial charge on any atom is 0.303 e. The molecule has 0 aromatic rings. The van der Waals surface area contributed by atoms with Gasteiger partial charge in [0.05, 0.1) is 0 Å². The third kappa shape index (κ3) is 7.31. The fraction of sp³-hybridized carbons (Fsp3) is 0.778. The highest BCUT2D eigenvalue weighted by Gasteiger charge is 2.15. The number of unbranched alkanes of at least 4 members (excludes halogenated alkanes) is 1. The Bertz CT molecular complexity index is 160. The summed E-state index contributed by atoms with van der Waals surface area (Å²) in [4.78, 5) is 20.7. The normalized spacial score (nSPS) is 10.3. The van der Waals surface area contributed by atoms with Gasteiger partial charge < -0.3 is 10.2 Å². The van der Waals surface area contributed by atoms with Gasteiger partial charge in [-0.15, -0.1) is 0 Å². The molecule has 0 aromatic heterocycles. The number of carbonyl (C=O) groups is 2. The number of hydrogen-bond acceptors (Lipinski definition) is 2. The van der Waals surface area contributed by atoms with Crippen LogP contribution in [0.25, 0.3) is 0 Å². The third-order valence-electron chi connectivity index (χ3n) is 1.89. The van der Waals surface area contributed by atoms with Crippen LogP contribution in [-0.4, -0.2) is 22.2 Å². The second-order valence-electron chi connectivity index (χ2n) is 3.20. The summed E-state index contributed by atoms with van der Waals surface area (Å²) in [5.41, 5.74) is 0. The molecule has 0 saturated carbocycles. The Morgan fingerprint density at radius 3 is 1.92 bits per heavy atom. The van der Waals surface area contributed by atoms with Crippen molar-refractivity contribution in [1.29, 1.82) is 0 Å². The Labute approximate surface area is 77.6 Å². The molecule has 2 N–H and O–H groups in total. The van der Waals surface area contributed by atoms with E-state index in [1.165, 1.54) is 0 Å². The van der Waals surface area contributed by atoms with Crippen LogP contribution in [0.2, 0.25) is 0 Å². The molecular weight excluding hydrogens is 172 g/mol. The second kappa shape index (κ2) is 6.46. The molecule has 4 heteroatoms. The van der Waals surface area contributed by atoms with E-state index < -0.39 is 11.9 Å². The lowest BCUT2D eigenvalue weighted by Crippen LogP contribution is -2.12. The van der Waals surface area contributed by atoms with Crippen LogP contribution in [0.3, 0.4) is 0 Å². The molecule has 0 spiro atoms. The van der Waals surface area contributed by atoms with E-state index >= 15 is 0 Å². The summed E-state index contributed by atoms with van der Waals surface area (Å²) in [6.45, 7) is 2.00. The molecule has 4 nitrogen and oxygen atoms in total. The second-order valence-corrected chi connectivity index (χ2v) is 3.20. The average molecular weight is 188 g/mol. The van der Waals surface area contributed by atoms with E-state index in [9.17, 15) is 9.59 Å². The number of carboxylic acids is 2. The summed E-state index contributed by atoms with van der Waals surface area (Å²) >= 11 is 0. The minimum Gasteiger partial charge on any atom is -0.481 e. The number of rotatable bonds is 7. The third-order valence-corrected chi connectivity index (χ3v) is 1.89. The van der Waals surface area contributed by atoms with Gasteiger partial charge in [0.2, 0.25) is 0 Å². The zero-order valence-electron chi connectivity index (χ0n) is 7.82. The van der Waals surface area contributed by atoms with E-state index in [1.807, 2.05) is 6.92 Å². The highest BCUT2D eigenvalue weighted by Crippen LogP contribution is 2.16. The van der Waals surface area contributed by atoms with Crippen molar-refractivity contribution in [2.75, 3.05) is 0 Å². The molecule has 0 heterocycles. The van der Waals surface area contributed by atoms with Crippen LogP contribution in [0, 0.1) is 5.92 Å². The van der Waals surface area contributed by atoms with Crippen LogP contribution in [0.1, 0.15) is 39.0 Å². The van der Waals surface area contributed by atoms with E-state index in [4.69, 9.17) is 10.2 Å². The van der Waals surface area contributed by atoms with Crippen molar-refractivity contribution in [3.8, 4) is 0 Å². The minimum atomic E-state index is -0.914. The van der Waals surface area contributed by atoms with Gasteiger partial charge in [0, 0.05) is 12.8 Å². The lowest BCUT2D eigenvalue weighted by Gasteiger charge is -2.10. The van der Waals surface area contributed by atoms with E-state index in [0.717, 1.165) is 12.8 Å². The molecule has 0 radical (unpaired) electrons. The van der Waals surface area contributed by atoms with Crippen molar-refractivity contribution in [2.45, 2.75) is 39.0 Å². The summed E-state index contributed by atoms with van der Waals surface area (Å²) in [6.07, 6.45) is 2.48. The van der Waals surface area contributed by atoms with Crippen molar-refractivity contribution < 1.29 is 19.8 Å². The topological polar surface area (TPSA) is 74.6 Å². The molecule has 0 fully saturated rings. The Hall–Kier alpha value is -1.06. The first-order valence-electron chi connectivity index (χ1n) is 4.49. The molecule has 13 heavy (non-hydrogen) atoms. The van der Waals surface area contributed by atoms with Crippen molar-refractivity contribution in [3.05, 3.63) is 0 Å². The monoisotopic (exact) mass is 188 g/mol. The molecular formula is C9H16O4. The molecule has 0 atom stereocenters. The van der Waals surface area contributed by atoms with E-state index in [1.54, 1.807) is 0 Å². The summed E-state index contributed by atoms with van der Waals surface area (Å²) in [7, 11) is 0. The van der Waals surface area contributed by atoms with Crippen molar-refractivity contribution >= 4 is 11.9 Å². The molecule has 0 amide bonds. The lowest BCUT2D eigenvalue weighted by atomic mass is 9.95. The predicted molar refractivity (Wildman–Crippen MR) is 47.5 cm³/mol. The van der Waals surface area contributed by atoms with Crippen LogP contribution >= 0.6 is 0 Å². The van der Waals surface area contributed by atoms with Crippen LogP contribution in [-0.2, 0) is 9.59 Å². The van der Waals surface area contributed by atoms with Gasteiger partial charge in [-0.05, 0) is 12.3 Å². The highest BCUT2D eigenvalue weighted by molar-refractivity contribution is 5.70. The van der Waals surface area contributed by atoms with Gasteiger partial charge in [-0.2, -0.15) is 0 Å². The van der Waals surface area contributed by atoms with Gasteiger partial charge in [0.15, 0.2) is 0 Å². The summed E-state index contributed by atoms with van der Waals surface area (Å²) in [5.74, 6) is -2.04. The fourth-order valence-electron chi connectivity index (χ4n) is 1.26. The zero-order chi connectivity index (χ0) is 10.3. The van der Waals surface area contributed by atoms with E-state index in [0.29, 0.717) is 6.42 Å². The molecule has 0 aliphatic carbocycles. The maximum absolute atomic E-state index is 10.4. The first-order valence-corrected chi connectivity index (χ1v) is 4.49. The molecule has 0 rings (SSSR count). The van der Waals surface area contributed by atoms with Gasteiger partial charge in [0.25, 0.3) is 0 Å². The SMILES string of the molecule is CCCCC(CC(=O)O)CC(=O)O. The van der Waals surface area contributed by atoms with Crippen LogP contribution in [0.15, 0.2) is 0 Å². The standard InChI is InChI=1S/C9H16O4/c1-2-3-4-7(5-8(10)11)6-9(12)13/h7H,2-6H2,1H3,(H,10,11)(H,12,13). The van der Waals surface area contributed by atoms with Crippen LogP contribution < -0.4 is 0 Å². The van der Waals surface area contributed by atoms with Gasteiger partial charge in [-0.25, -0.2) is 0 Å². The van der Waals surface area contributed by atoms with Gasteiger partial charge in [0.1, 0.15) is 0 Å². The smallest absolute Gasteiger partial charge is 0.303 e. The first-order chi connectivity index (χ1) is 6.06. The van der Waals surface area contributed by atoms with Crippen molar-refractivity contribution in [1.82, 2.24) is 0 Å². The molecule has 0 bridgehead atoms. The fourth-order valence-corrected chi connectivity index (χ4v) is 1.26. The Morgan fingerprint density at radius 1 is 1.15 bits per heavy atom. The summed E-state index contributed by atoms with van der Waals surface area (Å²) in [6, 6.07) is 0. The number of carboxylic acid groups (broad SMARTS) is 2. The van der Waals surface area contributed by atoms with Crippen molar-refractivity contribution in [2.24, 2.45) is 5.92 Å². The Kier molecular flexibility index (Phi) is 5.93. The number of hydrogen-bond donors (Lipinski definition) is 2. The van der Waals surface area contributed by atoms with Crippen LogP contribution in [0.5, 0.6) is 0 Å². The largest absolute Gasteiger partial charge is 0.481 e. The van der Waals surface area contributed by atoms with Gasteiger partial charge in [-0.3, -0.25) is 9.59 Å². The predicted octanol–water partition coefficient (Wildman–Crippen LogP) is 1.74. The highest BCUT2D eigenvalue weighted by atomic mass is 16.4. The number of aliphatic carboxylic acids is 2. The molecule has 0 unspecified atom stereocenters. The Balaban J connectivity index is 3.87. The van der Waals surface area contributed by atoms with Gasteiger partial charge in [-0.1, -0.05) is 19.8 Å². The first kappa shape index (κ1) is 11.9. The molecule has 0 aliphatic rings. The summed E-state index contributed by atoms with van der Waals surface area (Å²) in [5, 5.41) is 17.0. The maximum atomic E-state index is 10.4. The molecule has 0 aliphatic heterocycles. The quantitative estimate of drug-likeness (QED) is 0.638. The van der Waals surface area contributed by atoms with Crippen LogP contribution in [0.4, 0.5) is 0 Å². The molecule has 0 aromatic carbocycles. The van der Waals surface area contributed by atoms with E-state index in [2.05, 4.69) is 0 Å². The summed E-state index contributed by atoms with van der Waals surface area (Å²) < 4.78 is 0. The molecule has 76 valence electrons. The lowest BCUT2D eigenvalue weighted by molar-refractivity contribution is -0.140. The zero-order valence-corrected chi connectivity index (χ0v) is 7.82. The molecule has 0 saturated heterocycles. The average Bonchev–Trinajstić information content (AvgIpc) is 1.98.